The molecule has 7 heteroatoms. The van der Waals surface area contributed by atoms with Crippen LogP contribution in [0.15, 0.2) is 0 Å². The van der Waals surface area contributed by atoms with Gasteiger partial charge in [0.05, 0.1) is 0 Å². The summed E-state index contributed by atoms with van der Waals surface area (Å²) >= 11 is 0. The van der Waals surface area contributed by atoms with Crippen LogP contribution in [0.1, 0.15) is 20.8 Å². The second-order valence-electron chi connectivity index (χ2n) is 3.08. The highest BCUT2D eigenvalue weighted by molar-refractivity contribution is 7.84. The van der Waals surface area contributed by atoms with Gasteiger partial charge >= 0.3 is 16.4 Å². The second-order valence-corrected chi connectivity index (χ2v) is 4.23. The summed E-state index contributed by atoms with van der Waals surface area (Å²) < 4.78 is 34.1. The molecule has 0 aromatic heterocycles. The van der Waals surface area contributed by atoms with Crippen LogP contribution in [0.5, 0.6) is 0 Å². The lowest BCUT2D eigenvalue weighted by atomic mass is 10.2. The molecule has 72 valence electrons. The van der Waals surface area contributed by atoms with Crippen molar-refractivity contribution in [2.24, 2.45) is 0 Å². The third kappa shape index (κ3) is 7.29. The first-order valence-electron chi connectivity index (χ1n) is 3.08. The zero-order valence-electron chi connectivity index (χ0n) is 6.99. The van der Waals surface area contributed by atoms with Gasteiger partial charge in [0, 0.05) is 0 Å². The van der Waals surface area contributed by atoms with Gasteiger partial charge < -0.3 is 4.74 Å². The van der Waals surface area contributed by atoms with E-state index in [0.717, 1.165) is 0 Å². The third-order valence-electron chi connectivity index (χ3n) is 0.611. The van der Waals surface area contributed by atoms with Crippen LogP contribution in [0.3, 0.4) is 0 Å². The number of ether oxygens (including phenoxy) is 1. The summed E-state index contributed by atoms with van der Waals surface area (Å²) in [7, 11) is -4.52. The van der Waals surface area contributed by atoms with E-state index in [1.165, 1.54) is 4.72 Å². The predicted octanol–water partition coefficient (Wildman–Crippen LogP) is 0.314. The number of hydrogen-bond donors (Lipinski definition) is 2. The molecule has 12 heavy (non-hydrogen) atoms. The zero-order valence-corrected chi connectivity index (χ0v) is 7.80. The van der Waals surface area contributed by atoms with E-state index < -0.39 is 22.0 Å². The van der Waals surface area contributed by atoms with Gasteiger partial charge in [-0.2, -0.15) is 13.1 Å². The van der Waals surface area contributed by atoms with Crippen LogP contribution in [-0.4, -0.2) is 24.7 Å². The Labute approximate surface area is 70.8 Å². The molecule has 0 heterocycles. The highest BCUT2D eigenvalue weighted by Gasteiger charge is 2.19. The first-order valence-corrected chi connectivity index (χ1v) is 4.52. The fourth-order valence-electron chi connectivity index (χ4n) is 0.404. The Balaban J connectivity index is 4.10. The van der Waals surface area contributed by atoms with Crippen LogP contribution in [0.25, 0.3) is 0 Å². The average Bonchev–Trinajstić information content (AvgIpc) is 1.49. The van der Waals surface area contributed by atoms with Gasteiger partial charge in [-0.1, -0.05) is 0 Å². The van der Waals surface area contributed by atoms with E-state index in [4.69, 9.17) is 4.55 Å². The lowest BCUT2D eigenvalue weighted by Gasteiger charge is -2.18. The lowest BCUT2D eigenvalue weighted by molar-refractivity contribution is 0.0566. The van der Waals surface area contributed by atoms with E-state index >= 15 is 0 Å². The fraction of sp³-hybridized carbons (Fsp3) is 0.800. The Morgan fingerprint density at radius 2 is 1.83 bits per heavy atom. The van der Waals surface area contributed by atoms with Crippen LogP contribution in [0.2, 0.25) is 0 Å². The SMILES string of the molecule is CC(C)(C)OC(=O)NS(=O)(=O)O. The molecule has 0 aromatic carbocycles. The summed E-state index contributed by atoms with van der Waals surface area (Å²) in [5.74, 6) is 0. The van der Waals surface area contributed by atoms with Crippen LogP contribution < -0.4 is 4.72 Å². The van der Waals surface area contributed by atoms with Crippen molar-refractivity contribution in [1.82, 2.24) is 4.72 Å². The summed E-state index contributed by atoms with van der Waals surface area (Å²) in [4.78, 5) is 10.6. The molecule has 0 aliphatic rings. The Hall–Kier alpha value is -0.820. The highest BCUT2D eigenvalue weighted by atomic mass is 32.2. The first-order chi connectivity index (χ1) is 5.10. The molecular weight excluding hydrogens is 186 g/mol. The van der Waals surface area contributed by atoms with Crippen molar-refractivity contribution in [2.75, 3.05) is 0 Å². The molecule has 0 saturated heterocycles. The summed E-state index contributed by atoms with van der Waals surface area (Å²) in [5.41, 5.74) is -0.797. The Kier molecular flexibility index (Phi) is 3.05. The summed E-state index contributed by atoms with van der Waals surface area (Å²) in [6.45, 7) is 4.70. The Morgan fingerprint density at radius 3 is 2.08 bits per heavy atom. The summed E-state index contributed by atoms with van der Waals surface area (Å²) in [5, 5.41) is 0. The van der Waals surface area contributed by atoms with E-state index in [9.17, 15) is 13.2 Å². The van der Waals surface area contributed by atoms with Gasteiger partial charge in [-0.25, -0.2) is 4.79 Å². The number of nitrogens with one attached hydrogen (secondary N) is 1. The molecule has 0 bridgehead atoms. The van der Waals surface area contributed by atoms with Gasteiger partial charge in [-0.05, 0) is 20.8 Å². The predicted molar refractivity (Wildman–Crippen MR) is 40.9 cm³/mol. The van der Waals surface area contributed by atoms with Gasteiger partial charge in [0.15, 0.2) is 0 Å². The van der Waals surface area contributed by atoms with Gasteiger partial charge in [0.2, 0.25) is 0 Å². The maximum atomic E-state index is 10.6. The maximum Gasteiger partial charge on any atom is 0.423 e. The van der Waals surface area contributed by atoms with Crippen LogP contribution in [-0.2, 0) is 15.0 Å². The number of carbonyl (C=O) groups is 1. The molecule has 0 aliphatic heterocycles. The van der Waals surface area contributed by atoms with Crippen molar-refractivity contribution >= 4 is 16.4 Å². The maximum absolute atomic E-state index is 10.6. The van der Waals surface area contributed by atoms with E-state index in [-0.39, 0.29) is 0 Å². The molecule has 0 radical (unpaired) electrons. The number of amides is 1. The average molecular weight is 197 g/mol. The normalized spacial score (nSPS) is 12.3. The largest absolute Gasteiger partial charge is 0.443 e. The molecule has 2 N–H and O–H groups in total. The van der Waals surface area contributed by atoms with Crippen molar-refractivity contribution in [3.63, 3.8) is 0 Å². The van der Waals surface area contributed by atoms with Crippen molar-refractivity contribution in [3.05, 3.63) is 0 Å². The molecule has 0 aliphatic carbocycles. The lowest BCUT2D eigenvalue weighted by Crippen LogP contribution is -2.35. The van der Waals surface area contributed by atoms with E-state index in [0.29, 0.717) is 0 Å². The zero-order chi connectivity index (χ0) is 9.99. The van der Waals surface area contributed by atoms with E-state index in [2.05, 4.69) is 4.74 Å². The van der Waals surface area contributed by atoms with E-state index in [1.54, 1.807) is 20.8 Å². The van der Waals surface area contributed by atoms with Gasteiger partial charge in [-0.15, -0.1) is 0 Å². The van der Waals surface area contributed by atoms with Crippen LogP contribution >= 0.6 is 0 Å². The molecule has 0 fully saturated rings. The van der Waals surface area contributed by atoms with Gasteiger partial charge in [0.25, 0.3) is 0 Å². The molecule has 0 rings (SSSR count). The number of hydrogen-bond acceptors (Lipinski definition) is 4. The van der Waals surface area contributed by atoms with Crippen molar-refractivity contribution in [2.45, 2.75) is 26.4 Å². The number of rotatable bonds is 1. The molecule has 6 nitrogen and oxygen atoms in total. The molecule has 0 atom stereocenters. The first kappa shape index (κ1) is 11.2. The van der Waals surface area contributed by atoms with Crippen molar-refractivity contribution in [1.29, 1.82) is 0 Å². The standard InChI is InChI=1S/C5H11NO5S/c1-5(2,3)11-4(7)6-12(8,9)10/h1-3H3,(H,6,7)(H,8,9,10). The minimum atomic E-state index is -4.52. The second kappa shape index (κ2) is 3.28. The fourth-order valence-corrected chi connectivity index (χ4v) is 0.657. The summed E-state index contributed by atoms with van der Waals surface area (Å²) in [6, 6.07) is 0. The topological polar surface area (TPSA) is 92.7 Å². The summed E-state index contributed by atoms with van der Waals surface area (Å²) in [6.07, 6.45) is -1.20. The van der Waals surface area contributed by atoms with Crippen LogP contribution in [0, 0.1) is 0 Å². The minimum absolute atomic E-state index is 0.797. The molecule has 0 aromatic rings. The molecule has 0 spiro atoms. The van der Waals surface area contributed by atoms with Gasteiger partial charge in [0.1, 0.15) is 5.60 Å². The smallest absolute Gasteiger partial charge is 0.423 e. The third-order valence-corrected chi connectivity index (χ3v) is 1.04. The Morgan fingerprint density at radius 1 is 1.42 bits per heavy atom. The van der Waals surface area contributed by atoms with Gasteiger partial charge in [-0.3, -0.25) is 4.55 Å². The van der Waals surface area contributed by atoms with E-state index in [1.807, 2.05) is 0 Å². The molecule has 0 unspecified atom stereocenters. The molecule has 1 amide bonds. The van der Waals surface area contributed by atoms with Crippen molar-refractivity contribution < 1.29 is 22.5 Å². The van der Waals surface area contributed by atoms with Crippen molar-refractivity contribution in [3.8, 4) is 0 Å². The molecule has 0 saturated carbocycles. The Bertz CT molecular complexity index is 262. The minimum Gasteiger partial charge on any atom is -0.443 e. The highest BCUT2D eigenvalue weighted by Crippen LogP contribution is 2.06. The van der Waals surface area contributed by atoms with Crippen LogP contribution in [0.4, 0.5) is 4.79 Å². The molecular formula is C5H11NO5S. The number of carbonyl (C=O) groups excluding carboxylic acids is 1. The monoisotopic (exact) mass is 197 g/mol. The quantitative estimate of drug-likeness (QED) is 0.590.